The lowest BCUT2D eigenvalue weighted by atomic mass is 10.1. The molecule has 4 rings (SSSR count). The lowest BCUT2D eigenvalue weighted by Crippen LogP contribution is -2.16. The molecule has 4 aromatic rings. The van der Waals surface area contributed by atoms with Crippen LogP contribution in [0.4, 0.5) is 5.69 Å². The normalized spacial score (nSPS) is 11.5. The highest BCUT2D eigenvalue weighted by Crippen LogP contribution is 2.25. The first-order valence-electron chi connectivity index (χ1n) is 8.50. The number of H-pyrrole nitrogens is 1. The summed E-state index contributed by atoms with van der Waals surface area (Å²) in [6.45, 7) is 0. The summed E-state index contributed by atoms with van der Waals surface area (Å²) in [4.78, 5) is 20.4. The van der Waals surface area contributed by atoms with Crippen molar-refractivity contribution in [1.29, 1.82) is 0 Å². The highest BCUT2D eigenvalue weighted by molar-refractivity contribution is 9.10. The van der Waals surface area contributed by atoms with Crippen molar-refractivity contribution in [3.05, 3.63) is 76.8 Å². The fraction of sp³-hybridized carbons (Fsp3) is 0. The molecule has 0 aliphatic carbocycles. The number of para-hydroxylation sites is 2. The Morgan fingerprint density at radius 3 is 2.59 bits per heavy atom. The van der Waals surface area contributed by atoms with E-state index in [1.54, 1.807) is 18.2 Å². The number of hydrogen-bond acceptors (Lipinski definition) is 4. The smallest absolute Gasteiger partial charge is 0.256 e. The van der Waals surface area contributed by atoms with Gasteiger partial charge in [0, 0.05) is 15.7 Å². The van der Waals surface area contributed by atoms with Gasteiger partial charge in [0.25, 0.3) is 5.91 Å². The van der Waals surface area contributed by atoms with Crippen LogP contribution in [0.1, 0.15) is 10.4 Å². The van der Waals surface area contributed by atoms with Crippen LogP contribution in [-0.2, 0) is 10.0 Å². The number of carbonyl (C=O) groups excluding carboxylic acids is 1. The molecule has 0 aliphatic heterocycles. The van der Waals surface area contributed by atoms with Gasteiger partial charge in [-0.1, -0.05) is 24.3 Å². The Balaban J connectivity index is 1.64. The van der Waals surface area contributed by atoms with Gasteiger partial charge in [-0.3, -0.25) is 4.79 Å². The van der Waals surface area contributed by atoms with Crippen LogP contribution in [0.25, 0.3) is 22.4 Å². The van der Waals surface area contributed by atoms with Gasteiger partial charge in [-0.2, -0.15) is 0 Å². The monoisotopic (exact) mass is 470 g/mol. The predicted octanol–water partition coefficient (Wildman–Crippen LogP) is 3.89. The summed E-state index contributed by atoms with van der Waals surface area (Å²) in [6.07, 6.45) is 0. The Kier molecular flexibility index (Phi) is 4.95. The van der Waals surface area contributed by atoms with E-state index >= 15 is 0 Å². The topological polar surface area (TPSA) is 118 Å². The Morgan fingerprint density at radius 1 is 1.03 bits per heavy atom. The van der Waals surface area contributed by atoms with Crippen molar-refractivity contribution in [2.75, 3.05) is 5.32 Å². The molecule has 0 fully saturated rings. The molecule has 0 saturated carbocycles. The fourth-order valence-electron chi connectivity index (χ4n) is 2.89. The molecule has 0 radical (unpaired) electrons. The highest BCUT2D eigenvalue weighted by atomic mass is 79.9. The van der Waals surface area contributed by atoms with E-state index in [1.165, 1.54) is 18.2 Å². The number of hydrogen-bond donors (Lipinski definition) is 3. The van der Waals surface area contributed by atoms with Gasteiger partial charge in [-0.15, -0.1) is 0 Å². The molecule has 1 aromatic heterocycles. The number of aromatic nitrogens is 2. The van der Waals surface area contributed by atoms with Gasteiger partial charge in [0.05, 0.1) is 21.5 Å². The molecular weight excluding hydrogens is 456 g/mol. The van der Waals surface area contributed by atoms with Crippen molar-refractivity contribution in [3.8, 4) is 11.4 Å². The molecule has 0 aliphatic rings. The Bertz CT molecular complexity index is 1320. The summed E-state index contributed by atoms with van der Waals surface area (Å²) in [5.41, 5.74) is 3.27. The molecule has 0 bridgehead atoms. The molecule has 0 spiro atoms. The number of benzene rings is 3. The molecule has 29 heavy (non-hydrogen) atoms. The number of sulfonamides is 1. The molecule has 0 saturated heterocycles. The minimum absolute atomic E-state index is 0.137. The first-order valence-corrected chi connectivity index (χ1v) is 10.8. The zero-order valence-electron chi connectivity index (χ0n) is 14.9. The van der Waals surface area contributed by atoms with Gasteiger partial charge in [0.15, 0.2) is 0 Å². The average Bonchev–Trinajstić information content (AvgIpc) is 3.12. The molecule has 3 aromatic carbocycles. The van der Waals surface area contributed by atoms with Crippen molar-refractivity contribution < 1.29 is 13.2 Å². The molecule has 9 heteroatoms. The molecule has 4 N–H and O–H groups in total. The van der Waals surface area contributed by atoms with Gasteiger partial charge in [-0.05, 0) is 58.4 Å². The van der Waals surface area contributed by atoms with Crippen LogP contribution in [0, 0.1) is 0 Å². The largest absolute Gasteiger partial charge is 0.338 e. The third-order valence-electron chi connectivity index (χ3n) is 4.29. The van der Waals surface area contributed by atoms with Crippen molar-refractivity contribution in [1.82, 2.24) is 9.97 Å². The maximum atomic E-state index is 12.7. The lowest BCUT2D eigenvalue weighted by molar-refractivity contribution is 0.102. The number of fused-ring (bicyclic) bond motifs is 1. The second kappa shape index (κ2) is 7.43. The zero-order valence-corrected chi connectivity index (χ0v) is 17.3. The summed E-state index contributed by atoms with van der Waals surface area (Å²) < 4.78 is 23.6. The van der Waals surface area contributed by atoms with E-state index in [4.69, 9.17) is 5.14 Å². The third kappa shape index (κ3) is 4.07. The minimum atomic E-state index is -3.92. The first kappa shape index (κ1) is 19.3. The van der Waals surface area contributed by atoms with Gasteiger partial charge < -0.3 is 10.3 Å². The highest BCUT2D eigenvalue weighted by Gasteiger charge is 2.16. The van der Waals surface area contributed by atoms with Gasteiger partial charge >= 0.3 is 0 Å². The Hall–Kier alpha value is -3.01. The van der Waals surface area contributed by atoms with Crippen LogP contribution in [0.15, 0.2) is 76.1 Å². The number of primary sulfonamides is 1. The van der Waals surface area contributed by atoms with Crippen LogP contribution in [-0.4, -0.2) is 24.3 Å². The SMILES string of the molecule is NS(=O)(=O)c1ccc(Br)c(C(=O)Nc2cccc(-c3nc4ccccc4[nH]3)c2)c1. The summed E-state index contributed by atoms with van der Waals surface area (Å²) in [6, 6.07) is 18.9. The standard InChI is InChI=1S/C20H15BrN4O3S/c21-16-9-8-14(29(22,27)28)11-15(16)20(26)23-13-5-3-4-12(10-13)19-24-17-6-1-2-7-18(17)25-19/h1-11H,(H,23,26)(H,24,25)(H2,22,27,28). The summed E-state index contributed by atoms with van der Waals surface area (Å²) >= 11 is 3.27. The molecule has 0 unspecified atom stereocenters. The molecule has 1 amide bonds. The maximum Gasteiger partial charge on any atom is 0.256 e. The van der Waals surface area contributed by atoms with Crippen molar-refractivity contribution in [2.24, 2.45) is 5.14 Å². The average molecular weight is 471 g/mol. The third-order valence-corrected chi connectivity index (χ3v) is 5.90. The minimum Gasteiger partial charge on any atom is -0.338 e. The first-order chi connectivity index (χ1) is 13.8. The van der Waals surface area contributed by atoms with Crippen LogP contribution < -0.4 is 10.5 Å². The van der Waals surface area contributed by atoms with Crippen molar-refractivity contribution in [2.45, 2.75) is 4.90 Å². The second-order valence-electron chi connectivity index (χ2n) is 6.32. The quantitative estimate of drug-likeness (QED) is 0.419. The number of nitrogens with two attached hydrogens (primary N) is 1. The van der Waals surface area contributed by atoms with E-state index < -0.39 is 15.9 Å². The molecule has 0 atom stereocenters. The number of halogens is 1. The van der Waals surface area contributed by atoms with Gasteiger partial charge in [0.2, 0.25) is 10.0 Å². The number of imidazole rings is 1. The van der Waals surface area contributed by atoms with E-state index in [1.807, 2.05) is 30.3 Å². The zero-order chi connectivity index (χ0) is 20.6. The lowest BCUT2D eigenvalue weighted by Gasteiger charge is -2.09. The van der Waals surface area contributed by atoms with Crippen molar-refractivity contribution in [3.63, 3.8) is 0 Å². The number of amides is 1. The fourth-order valence-corrected chi connectivity index (χ4v) is 3.85. The second-order valence-corrected chi connectivity index (χ2v) is 8.74. The molecule has 7 nitrogen and oxygen atoms in total. The van der Waals surface area contributed by atoms with E-state index in [0.29, 0.717) is 16.0 Å². The van der Waals surface area contributed by atoms with Crippen LogP contribution >= 0.6 is 15.9 Å². The van der Waals surface area contributed by atoms with Crippen LogP contribution in [0.3, 0.4) is 0 Å². The number of anilines is 1. The Morgan fingerprint density at radius 2 is 1.83 bits per heavy atom. The number of nitrogens with zero attached hydrogens (tertiary/aromatic N) is 1. The Labute approximate surface area is 175 Å². The molecular formula is C20H15BrN4O3S. The van der Waals surface area contributed by atoms with Gasteiger partial charge in [-0.25, -0.2) is 18.5 Å². The number of nitrogens with one attached hydrogen (secondary N) is 2. The number of carbonyl (C=O) groups is 1. The molecule has 1 heterocycles. The van der Waals surface area contributed by atoms with E-state index in [0.717, 1.165) is 16.6 Å². The molecule has 146 valence electrons. The summed E-state index contributed by atoms with van der Waals surface area (Å²) in [5.74, 6) is 0.212. The van der Waals surface area contributed by atoms with Crippen molar-refractivity contribution >= 4 is 48.6 Å². The van der Waals surface area contributed by atoms with Crippen LogP contribution in [0.5, 0.6) is 0 Å². The van der Waals surface area contributed by atoms with Crippen LogP contribution in [0.2, 0.25) is 0 Å². The van der Waals surface area contributed by atoms with E-state index in [-0.39, 0.29) is 10.5 Å². The van der Waals surface area contributed by atoms with E-state index in [9.17, 15) is 13.2 Å². The van der Waals surface area contributed by atoms with Gasteiger partial charge in [0.1, 0.15) is 5.82 Å². The van der Waals surface area contributed by atoms with E-state index in [2.05, 4.69) is 31.2 Å². The number of aromatic amines is 1. The maximum absolute atomic E-state index is 12.7. The number of rotatable bonds is 4. The summed E-state index contributed by atoms with van der Waals surface area (Å²) in [5, 5.41) is 7.93. The summed E-state index contributed by atoms with van der Waals surface area (Å²) in [7, 11) is -3.92. The predicted molar refractivity (Wildman–Crippen MR) is 115 cm³/mol.